The lowest BCUT2D eigenvalue weighted by atomic mass is 10.5. The SMILES string of the molecule is C=C[Si](OC=CCC)(OC=CCC)OC=CCC. The molecule has 0 N–H and O–H groups in total. The molecule has 0 aromatic rings. The highest BCUT2D eigenvalue weighted by molar-refractivity contribution is 6.66. The van der Waals surface area contributed by atoms with Gasteiger partial charge in [0.15, 0.2) is 0 Å². The molecule has 0 radical (unpaired) electrons. The number of hydrogen-bond acceptors (Lipinski definition) is 3. The minimum atomic E-state index is -2.88. The third-order valence-electron chi connectivity index (χ3n) is 1.94. The topological polar surface area (TPSA) is 27.7 Å². The molecule has 0 fully saturated rings. The van der Waals surface area contributed by atoms with Crippen LogP contribution in [0.1, 0.15) is 40.0 Å². The molecule has 0 aliphatic carbocycles. The summed E-state index contributed by atoms with van der Waals surface area (Å²) in [5.41, 5.74) is 1.62. The Morgan fingerprint density at radius 2 is 1.11 bits per heavy atom. The van der Waals surface area contributed by atoms with Crippen LogP contribution in [0.25, 0.3) is 0 Å². The van der Waals surface area contributed by atoms with Crippen LogP contribution in [0.15, 0.2) is 49.3 Å². The van der Waals surface area contributed by atoms with E-state index in [-0.39, 0.29) is 0 Å². The fraction of sp³-hybridized carbons (Fsp3) is 0.429. The molecule has 0 aromatic carbocycles. The van der Waals surface area contributed by atoms with Gasteiger partial charge >= 0.3 is 8.80 Å². The van der Waals surface area contributed by atoms with E-state index < -0.39 is 8.80 Å². The van der Waals surface area contributed by atoms with E-state index in [1.807, 2.05) is 39.0 Å². The van der Waals surface area contributed by atoms with Gasteiger partial charge in [-0.25, -0.2) is 0 Å². The van der Waals surface area contributed by atoms with Crippen molar-refractivity contribution >= 4 is 8.80 Å². The molecule has 0 saturated carbocycles. The zero-order valence-electron chi connectivity index (χ0n) is 11.6. The second-order valence-electron chi connectivity index (χ2n) is 3.50. The van der Waals surface area contributed by atoms with E-state index in [0.717, 1.165) is 19.3 Å². The van der Waals surface area contributed by atoms with Gasteiger partial charge in [0.1, 0.15) is 0 Å². The zero-order chi connectivity index (χ0) is 13.7. The summed E-state index contributed by atoms with van der Waals surface area (Å²) in [5.74, 6) is 0. The molecular weight excluding hydrogens is 244 g/mol. The van der Waals surface area contributed by atoms with Crippen LogP contribution in [-0.2, 0) is 13.3 Å². The molecule has 18 heavy (non-hydrogen) atoms. The predicted octanol–water partition coefficient (Wildman–Crippen LogP) is 4.47. The van der Waals surface area contributed by atoms with Crippen molar-refractivity contribution in [3.63, 3.8) is 0 Å². The Labute approximate surface area is 112 Å². The first-order valence-corrected chi connectivity index (χ1v) is 8.16. The van der Waals surface area contributed by atoms with Gasteiger partial charge in [-0.15, -0.1) is 0 Å². The molecule has 0 rings (SSSR count). The van der Waals surface area contributed by atoms with Crippen molar-refractivity contribution in [1.82, 2.24) is 0 Å². The van der Waals surface area contributed by atoms with Crippen LogP contribution in [0.4, 0.5) is 0 Å². The van der Waals surface area contributed by atoms with Crippen LogP contribution in [0.5, 0.6) is 0 Å². The third-order valence-corrected chi connectivity index (χ3v) is 3.84. The first-order chi connectivity index (χ1) is 8.74. The number of rotatable bonds is 10. The van der Waals surface area contributed by atoms with Crippen molar-refractivity contribution in [3.05, 3.63) is 49.3 Å². The molecule has 0 saturated heterocycles. The van der Waals surface area contributed by atoms with Crippen LogP contribution in [0.3, 0.4) is 0 Å². The van der Waals surface area contributed by atoms with Gasteiger partial charge in [-0.05, 0) is 19.3 Å². The Morgan fingerprint density at radius 1 is 0.778 bits per heavy atom. The summed E-state index contributed by atoms with van der Waals surface area (Å²) in [4.78, 5) is 0. The Hall–Kier alpha value is -1.42. The van der Waals surface area contributed by atoms with Crippen LogP contribution in [0.2, 0.25) is 0 Å². The lowest BCUT2D eigenvalue weighted by Gasteiger charge is -2.22. The average molecular weight is 268 g/mol. The molecule has 4 heteroatoms. The van der Waals surface area contributed by atoms with E-state index >= 15 is 0 Å². The summed E-state index contributed by atoms with van der Waals surface area (Å²) in [6, 6.07) is 0. The summed E-state index contributed by atoms with van der Waals surface area (Å²) in [5, 5.41) is 0. The number of allylic oxidation sites excluding steroid dienone is 3. The van der Waals surface area contributed by atoms with Crippen LogP contribution in [0, 0.1) is 0 Å². The van der Waals surface area contributed by atoms with Crippen molar-refractivity contribution < 1.29 is 13.3 Å². The monoisotopic (exact) mass is 268 g/mol. The summed E-state index contributed by atoms with van der Waals surface area (Å²) in [6.45, 7) is 9.86. The Morgan fingerprint density at radius 3 is 1.33 bits per heavy atom. The Balaban J connectivity index is 4.69. The van der Waals surface area contributed by atoms with E-state index in [0.29, 0.717) is 0 Å². The molecule has 3 nitrogen and oxygen atoms in total. The van der Waals surface area contributed by atoms with Crippen molar-refractivity contribution in [1.29, 1.82) is 0 Å². The summed E-state index contributed by atoms with van der Waals surface area (Å²) < 4.78 is 16.8. The Bertz CT molecular complexity index is 255. The van der Waals surface area contributed by atoms with E-state index in [4.69, 9.17) is 13.3 Å². The summed E-state index contributed by atoms with van der Waals surface area (Å²) >= 11 is 0. The van der Waals surface area contributed by atoms with Gasteiger partial charge in [0.25, 0.3) is 0 Å². The fourth-order valence-corrected chi connectivity index (χ4v) is 2.26. The van der Waals surface area contributed by atoms with Crippen molar-refractivity contribution in [3.8, 4) is 0 Å². The minimum Gasteiger partial charge on any atom is -0.487 e. The molecular formula is C14H24O3Si. The second-order valence-corrected chi connectivity index (χ2v) is 5.82. The van der Waals surface area contributed by atoms with E-state index in [1.54, 1.807) is 24.5 Å². The van der Waals surface area contributed by atoms with Gasteiger partial charge in [-0.1, -0.05) is 45.6 Å². The van der Waals surface area contributed by atoms with Gasteiger partial charge in [-0.2, -0.15) is 0 Å². The Kier molecular flexibility index (Phi) is 9.87. The molecule has 0 aromatic heterocycles. The fourth-order valence-electron chi connectivity index (χ4n) is 0.945. The van der Waals surface area contributed by atoms with Gasteiger partial charge < -0.3 is 13.3 Å². The van der Waals surface area contributed by atoms with E-state index in [9.17, 15) is 0 Å². The van der Waals surface area contributed by atoms with Gasteiger partial charge in [0, 0.05) is 5.70 Å². The lowest BCUT2D eigenvalue weighted by molar-refractivity contribution is 0.196. The summed E-state index contributed by atoms with van der Waals surface area (Å²) in [6.07, 6.45) is 13.3. The molecule has 0 atom stereocenters. The van der Waals surface area contributed by atoms with Crippen LogP contribution in [-0.4, -0.2) is 8.80 Å². The van der Waals surface area contributed by atoms with Crippen LogP contribution < -0.4 is 0 Å². The first-order valence-electron chi connectivity index (χ1n) is 6.36. The van der Waals surface area contributed by atoms with E-state index in [2.05, 4.69) is 6.58 Å². The highest BCUT2D eigenvalue weighted by atomic mass is 28.4. The van der Waals surface area contributed by atoms with Crippen molar-refractivity contribution in [2.45, 2.75) is 40.0 Å². The molecule has 0 bridgehead atoms. The van der Waals surface area contributed by atoms with E-state index in [1.165, 1.54) is 0 Å². The minimum absolute atomic E-state index is 0.900. The molecule has 0 heterocycles. The highest BCUT2D eigenvalue weighted by Crippen LogP contribution is 2.13. The quantitative estimate of drug-likeness (QED) is 0.432. The summed E-state index contributed by atoms with van der Waals surface area (Å²) in [7, 11) is -2.88. The largest absolute Gasteiger partial charge is 0.727 e. The lowest BCUT2D eigenvalue weighted by Crippen LogP contribution is -2.39. The van der Waals surface area contributed by atoms with Crippen molar-refractivity contribution in [2.24, 2.45) is 0 Å². The maximum atomic E-state index is 5.61. The second kappa shape index (κ2) is 10.7. The molecule has 102 valence electrons. The maximum absolute atomic E-state index is 5.61. The standard InChI is InChI=1S/C14H24O3Si/c1-5-9-12-15-18(8-4,16-13-10-6-2)17-14-11-7-3/h8-14H,4-7H2,1-3H3. The average Bonchev–Trinajstić information content (AvgIpc) is 2.39. The number of hydrogen-bond donors (Lipinski definition) is 0. The smallest absolute Gasteiger partial charge is 0.487 e. The van der Waals surface area contributed by atoms with Gasteiger partial charge in [0.05, 0.1) is 18.8 Å². The first kappa shape index (κ1) is 16.6. The normalized spacial score (nSPS) is 15.1. The van der Waals surface area contributed by atoms with Crippen molar-refractivity contribution in [2.75, 3.05) is 0 Å². The van der Waals surface area contributed by atoms with Gasteiger partial charge in [0.2, 0.25) is 0 Å². The third kappa shape index (κ3) is 7.01. The molecule has 0 amide bonds. The van der Waals surface area contributed by atoms with Gasteiger partial charge in [-0.3, -0.25) is 0 Å². The maximum Gasteiger partial charge on any atom is 0.727 e. The highest BCUT2D eigenvalue weighted by Gasteiger charge is 2.42. The molecule has 0 aliphatic rings. The molecule has 0 aliphatic heterocycles. The molecule has 0 unspecified atom stereocenters. The predicted molar refractivity (Wildman–Crippen MR) is 77.5 cm³/mol. The molecule has 0 spiro atoms. The zero-order valence-corrected chi connectivity index (χ0v) is 12.6. The van der Waals surface area contributed by atoms with Crippen LogP contribution >= 0.6 is 0 Å².